The van der Waals surface area contributed by atoms with Gasteiger partial charge in [0.1, 0.15) is 0 Å². The van der Waals surface area contributed by atoms with Crippen molar-refractivity contribution in [2.75, 3.05) is 11.1 Å². The van der Waals surface area contributed by atoms with Crippen LogP contribution in [0.1, 0.15) is 10.4 Å². The van der Waals surface area contributed by atoms with Gasteiger partial charge in [0, 0.05) is 34.6 Å². The number of carbonyl (C=O) groups is 1. The van der Waals surface area contributed by atoms with E-state index in [1.54, 1.807) is 24.5 Å². The number of nitrogens with zero attached hydrogens (tertiary/aromatic N) is 2. The molecule has 0 aliphatic carbocycles. The lowest BCUT2D eigenvalue weighted by Crippen LogP contribution is -2.11. The second-order valence-corrected chi connectivity index (χ2v) is 5.23. The van der Waals surface area contributed by atoms with Crippen molar-refractivity contribution in [3.8, 4) is 11.3 Å². The Bertz CT molecular complexity index is 753. The van der Waals surface area contributed by atoms with Crippen LogP contribution in [0.3, 0.4) is 0 Å². The Balaban J connectivity index is 1.74. The van der Waals surface area contributed by atoms with E-state index in [9.17, 15) is 4.79 Å². The molecule has 2 heterocycles. The predicted octanol–water partition coefficient (Wildman–Crippen LogP) is 3.04. The smallest absolute Gasteiger partial charge is 0.255 e. The molecule has 3 N–H and O–H groups in total. The average molecular weight is 296 g/mol. The molecule has 0 bridgehead atoms. The zero-order valence-electron chi connectivity index (χ0n) is 11.0. The van der Waals surface area contributed by atoms with Crippen molar-refractivity contribution in [2.24, 2.45) is 0 Å². The number of hydrogen-bond acceptors (Lipinski definition) is 5. The first kappa shape index (κ1) is 13.3. The summed E-state index contributed by atoms with van der Waals surface area (Å²) in [6.45, 7) is 0. The molecule has 0 spiro atoms. The van der Waals surface area contributed by atoms with Crippen LogP contribution in [0.5, 0.6) is 0 Å². The number of rotatable bonds is 3. The van der Waals surface area contributed by atoms with Crippen molar-refractivity contribution in [3.63, 3.8) is 0 Å². The van der Waals surface area contributed by atoms with Crippen LogP contribution in [-0.4, -0.2) is 15.9 Å². The maximum Gasteiger partial charge on any atom is 0.255 e. The van der Waals surface area contributed by atoms with Gasteiger partial charge in [-0.2, -0.15) is 0 Å². The Morgan fingerprint density at radius 1 is 1.10 bits per heavy atom. The van der Waals surface area contributed by atoms with Gasteiger partial charge in [0.15, 0.2) is 5.13 Å². The third kappa shape index (κ3) is 3.06. The van der Waals surface area contributed by atoms with E-state index in [0.717, 1.165) is 16.9 Å². The fourth-order valence-corrected chi connectivity index (χ4v) is 2.42. The van der Waals surface area contributed by atoms with Crippen molar-refractivity contribution < 1.29 is 4.79 Å². The maximum atomic E-state index is 12.0. The van der Waals surface area contributed by atoms with Crippen LogP contribution in [0, 0.1) is 0 Å². The van der Waals surface area contributed by atoms with Crippen molar-refractivity contribution in [1.29, 1.82) is 0 Å². The molecule has 0 radical (unpaired) electrons. The van der Waals surface area contributed by atoms with Crippen LogP contribution in [0.2, 0.25) is 0 Å². The molecule has 21 heavy (non-hydrogen) atoms. The molecule has 0 saturated carbocycles. The quantitative estimate of drug-likeness (QED) is 0.778. The van der Waals surface area contributed by atoms with Gasteiger partial charge in [-0.15, -0.1) is 11.3 Å². The van der Waals surface area contributed by atoms with Crippen LogP contribution in [0.15, 0.2) is 54.2 Å². The number of nitrogens with two attached hydrogens (primary N) is 1. The summed E-state index contributed by atoms with van der Waals surface area (Å²) in [6.07, 6.45) is 3.18. The molecule has 3 aromatic rings. The summed E-state index contributed by atoms with van der Waals surface area (Å²) in [5, 5.41) is 5.28. The second kappa shape index (κ2) is 5.72. The number of hydrogen-bond donors (Lipinski definition) is 2. The number of amides is 1. The van der Waals surface area contributed by atoms with E-state index in [4.69, 9.17) is 5.73 Å². The first-order chi connectivity index (χ1) is 10.2. The van der Waals surface area contributed by atoms with Gasteiger partial charge >= 0.3 is 0 Å². The number of anilines is 2. The maximum absolute atomic E-state index is 12.0. The van der Waals surface area contributed by atoms with E-state index in [-0.39, 0.29) is 5.91 Å². The number of nitrogens with one attached hydrogen (secondary N) is 1. The molecule has 0 unspecified atom stereocenters. The Morgan fingerprint density at radius 2 is 1.81 bits per heavy atom. The Kier molecular flexibility index (Phi) is 3.61. The van der Waals surface area contributed by atoms with Crippen molar-refractivity contribution in [1.82, 2.24) is 9.97 Å². The summed E-state index contributed by atoms with van der Waals surface area (Å²) in [4.78, 5) is 20.1. The van der Waals surface area contributed by atoms with E-state index in [0.29, 0.717) is 10.7 Å². The fraction of sp³-hybridized carbons (Fsp3) is 0. The lowest BCUT2D eigenvalue weighted by molar-refractivity contribution is 0.102. The highest BCUT2D eigenvalue weighted by Gasteiger charge is 2.06. The molecular weight excluding hydrogens is 284 g/mol. The van der Waals surface area contributed by atoms with E-state index >= 15 is 0 Å². The highest BCUT2D eigenvalue weighted by Crippen LogP contribution is 2.24. The predicted molar refractivity (Wildman–Crippen MR) is 84.2 cm³/mol. The van der Waals surface area contributed by atoms with Gasteiger partial charge < -0.3 is 11.1 Å². The van der Waals surface area contributed by atoms with Crippen molar-refractivity contribution >= 4 is 28.1 Å². The summed E-state index contributed by atoms with van der Waals surface area (Å²) in [6, 6.07) is 10.8. The second-order valence-electron chi connectivity index (χ2n) is 4.34. The monoisotopic (exact) mass is 296 g/mol. The molecule has 0 aliphatic heterocycles. The van der Waals surface area contributed by atoms with Gasteiger partial charge in [-0.3, -0.25) is 9.78 Å². The molecule has 5 nitrogen and oxygen atoms in total. The summed E-state index contributed by atoms with van der Waals surface area (Å²) in [5.41, 5.74) is 8.72. The Labute approximate surface area is 125 Å². The van der Waals surface area contributed by atoms with Gasteiger partial charge in [0.2, 0.25) is 0 Å². The summed E-state index contributed by atoms with van der Waals surface area (Å²) >= 11 is 1.40. The van der Waals surface area contributed by atoms with Gasteiger partial charge in [-0.05, 0) is 24.3 Å². The Hall–Kier alpha value is -2.73. The zero-order valence-corrected chi connectivity index (χ0v) is 11.8. The highest BCUT2D eigenvalue weighted by molar-refractivity contribution is 7.13. The molecule has 0 aliphatic rings. The molecular formula is C15H12N4OS. The van der Waals surface area contributed by atoms with Crippen molar-refractivity contribution in [2.45, 2.75) is 0 Å². The minimum Gasteiger partial charge on any atom is -0.375 e. The largest absolute Gasteiger partial charge is 0.375 e. The zero-order chi connectivity index (χ0) is 14.7. The third-order valence-corrected chi connectivity index (χ3v) is 3.58. The molecule has 0 saturated heterocycles. The molecule has 1 aromatic carbocycles. The minimum atomic E-state index is -0.164. The lowest BCUT2D eigenvalue weighted by Gasteiger charge is -2.05. The van der Waals surface area contributed by atoms with E-state index < -0.39 is 0 Å². The Morgan fingerprint density at radius 3 is 2.43 bits per heavy atom. The molecule has 2 aromatic heterocycles. The van der Waals surface area contributed by atoms with Gasteiger partial charge in [0.05, 0.1) is 5.69 Å². The number of thiazole rings is 1. The molecule has 104 valence electrons. The van der Waals surface area contributed by atoms with E-state index in [1.807, 2.05) is 29.6 Å². The van der Waals surface area contributed by atoms with Crippen LogP contribution >= 0.6 is 11.3 Å². The first-order valence-corrected chi connectivity index (χ1v) is 7.13. The van der Waals surface area contributed by atoms with Crippen molar-refractivity contribution in [3.05, 3.63) is 59.7 Å². The van der Waals surface area contributed by atoms with Crippen LogP contribution in [0.25, 0.3) is 11.3 Å². The molecule has 6 heteroatoms. The van der Waals surface area contributed by atoms with Gasteiger partial charge in [-0.25, -0.2) is 4.98 Å². The van der Waals surface area contributed by atoms with E-state index in [2.05, 4.69) is 15.3 Å². The van der Waals surface area contributed by atoms with Crippen LogP contribution in [-0.2, 0) is 0 Å². The molecule has 0 atom stereocenters. The SMILES string of the molecule is Nc1nc(-c2ccc(NC(=O)c3ccncc3)cc2)cs1. The highest BCUT2D eigenvalue weighted by atomic mass is 32.1. The number of benzene rings is 1. The minimum absolute atomic E-state index is 0.164. The third-order valence-electron chi connectivity index (χ3n) is 2.90. The number of aromatic nitrogens is 2. The fourth-order valence-electron chi connectivity index (χ4n) is 1.85. The van der Waals surface area contributed by atoms with E-state index in [1.165, 1.54) is 11.3 Å². The lowest BCUT2D eigenvalue weighted by atomic mass is 10.1. The summed E-state index contributed by atoms with van der Waals surface area (Å²) in [5.74, 6) is -0.164. The molecule has 0 fully saturated rings. The van der Waals surface area contributed by atoms with Crippen LogP contribution in [0.4, 0.5) is 10.8 Å². The standard InChI is InChI=1S/C15H12N4OS/c16-15-19-13(9-21-15)10-1-3-12(4-2-10)18-14(20)11-5-7-17-8-6-11/h1-9H,(H2,16,19)(H,18,20). The van der Waals surface area contributed by atoms with Gasteiger partial charge in [0.25, 0.3) is 5.91 Å². The number of nitrogen functional groups attached to an aromatic ring is 1. The first-order valence-electron chi connectivity index (χ1n) is 6.25. The normalized spacial score (nSPS) is 10.3. The van der Waals surface area contributed by atoms with Crippen LogP contribution < -0.4 is 11.1 Å². The summed E-state index contributed by atoms with van der Waals surface area (Å²) < 4.78 is 0. The van der Waals surface area contributed by atoms with Gasteiger partial charge in [-0.1, -0.05) is 12.1 Å². The molecule has 1 amide bonds. The summed E-state index contributed by atoms with van der Waals surface area (Å²) in [7, 11) is 0. The molecule has 3 rings (SSSR count). The number of pyridine rings is 1. The number of carbonyl (C=O) groups excluding carboxylic acids is 1. The topological polar surface area (TPSA) is 80.9 Å². The average Bonchev–Trinajstić information content (AvgIpc) is 2.95.